The number of halogens is 2. The van der Waals surface area contributed by atoms with E-state index in [4.69, 9.17) is 0 Å². The maximum atomic E-state index is 13.5. The normalized spacial score (nSPS) is 21.5. The number of thioether (sulfide) groups is 1. The molecule has 3 rings (SSSR count). The van der Waals surface area contributed by atoms with Crippen LogP contribution in [0.2, 0.25) is 0 Å². The van der Waals surface area contributed by atoms with Crippen LogP contribution >= 0.6 is 24.2 Å². The molecule has 0 aromatic heterocycles. The fourth-order valence-corrected chi connectivity index (χ4v) is 4.21. The van der Waals surface area contributed by atoms with Crippen molar-refractivity contribution in [2.75, 3.05) is 25.4 Å². The fraction of sp³-hybridized carbons (Fsp3) is 0.588. The van der Waals surface area contributed by atoms with E-state index in [1.54, 1.807) is 17.8 Å². The first-order valence-corrected chi connectivity index (χ1v) is 9.16. The largest absolute Gasteiger partial charge is 0.355 e. The number of piperidine rings is 1. The highest BCUT2D eigenvalue weighted by molar-refractivity contribution is 7.98. The molecule has 1 aliphatic carbocycles. The summed E-state index contributed by atoms with van der Waals surface area (Å²) < 4.78 is 13.5. The summed E-state index contributed by atoms with van der Waals surface area (Å²) in [5.41, 5.74) is 1.03. The standard InChI is InChI=1S/C17H23FN2OS.ClH/c18-15-4-2-1-3-13(15)12-22-10-9-20-16(21)14-11-17(14)5-7-19-8-6-17;/h1-4,14,19H,5-12H2,(H,20,21);1H. The molecule has 2 aliphatic rings. The van der Waals surface area contributed by atoms with Crippen molar-refractivity contribution in [3.05, 3.63) is 35.6 Å². The van der Waals surface area contributed by atoms with Crippen molar-refractivity contribution in [1.29, 1.82) is 0 Å². The first kappa shape index (κ1) is 18.6. The van der Waals surface area contributed by atoms with Gasteiger partial charge >= 0.3 is 0 Å². The molecule has 1 spiro atoms. The van der Waals surface area contributed by atoms with Gasteiger partial charge in [0.2, 0.25) is 5.91 Å². The Balaban J connectivity index is 0.00000192. The van der Waals surface area contributed by atoms with Gasteiger partial charge in [0.15, 0.2) is 0 Å². The SMILES string of the molecule is Cl.O=C(NCCSCc1ccccc1F)C1CC12CCNCC2. The van der Waals surface area contributed by atoms with Crippen LogP contribution in [0.1, 0.15) is 24.8 Å². The van der Waals surface area contributed by atoms with E-state index in [1.807, 2.05) is 12.1 Å². The van der Waals surface area contributed by atoms with Gasteiger partial charge < -0.3 is 10.6 Å². The van der Waals surface area contributed by atoms with Gasteiger partial charge in [0.25, 0.3) is 0 Å². The molecule has 1 saturated carbocycles. The van der Waals surface area contributed by atoms with E-state index in [0.717, 1.165) is 43.7 Å². The van der Waals surface area contributed by atoms with Gasteiger partial charge in [0.05, 0.1) is 0 Å². The molecule has 1 aliphatic heterocycles. The highest BCUT2D eigenvalue weighted by Crippen LogP contribution is 2.58. The maximum Gasteiger partial charge on any atom is 0.223 e. The topological polar surface area (TPSA) is 41.1 Å². The number of amides is 1. The third-order valence-electron chi connectivity index (χ3n) is 4.87. The Morgan fingerprint density at radius 3 is 2.83 bits per heavy atom. The van der Waals surface area contributed by atoms with Gasteiger partial charge in [-0.1, -0.05) is 18.2 Å². The van der Waals surface area contributed by atoms with Crippen molar-refractivity contribution in [2.24, 2.45) is 11.3 Å². The Kier molecular flexibility index (Phi) is 6.74. The van der Waals surface area contributed by atoms with Crippen molar-refractivity contribution >= 4 is 30.1 Å². The van der Waals surface area contributed by atoms with Crippen LogP contribution in [0.5, 0.6) is 0 Å². The second-order valence-corrected chi connectivity index (χ2v) is 7.41. The fourth-order valence-electron chi connectivity index (χ4n) is 3.36. The van der Waals surface area contributed by atoms with Crippen LogP contribution < -0.4 is 10.6 Å². The third kappa shape index (κ3) is 4.61. The molecule has 3 nitrogen and oxygen atoms in total. The molecule has 1 unspecified atom stereocenters. The summed E-state index contributed by atoms with van der Waals surface area (Å²) in [5, 5.41) is 6.40. The highest BCUT2D eigenvalue weighted by atomic mass is 35.5. The number of hydrogen-bond donors (Lipinski definition) is 2. The summed E-state index contributed by atoms with van der Waals surface area (Å²) in [6, 6.07) is 6.86. The zero-order valence-corrected chi connectivity index (χ0v) is 14.8. The number of carbonyl (C=O) groups excluding carboxylic acids is 1. The molecule has 1 heterocycles. The summed E-state index contributed by atoms with van der Waals surface area (Å²) in [4.78, 5) is 12.2. The molecule has 1 amide bonds. The predicted octanol–water partition coefficient (Wildman–Crippen LogP) is 2.99. The van der Waals surface area contributed by atoms with E-state index in [-0.39, 0.29) is 30.0 Å². The van der Waals surface area contributed by atoms with Crippen molar-refractivity contribution in [2.45, 2.75) is 25.0 Å². The average Bonchev–Trinajstić information content (AvgIpc) is 3.22. The number of rotatable bonds is 6. The minimum Gasteiger partial charge on any atom is -0.355 e. The molecular weight excluding hydrogens is 335 g/mol. The molecule has 0 bridgehead atoms. The molecular formula is C17H24ClFN2OS. The second-order valence-electron chi connectivity index (χ2n) is 6.30. The zero-order chi connectivity index (χ0) is 15.4. The van der Waals surface area contributed by atoms with E-state index in [1.165, 1.54) is 6.07 Å². The number of benzene rings is 1. The summed E-state index contributed by atoms with van der Waals surface area (Å²) in [5.74, 6) is 1.77. The Labute approximate surface area is 147 Å². The molecule has 1 atom stereocenters. The van der Waals surface area contributed by atoms with Crippen molar-refractivity contribution in [3.8, 4) is 0 Å². The molecule has 0 radical (unpaired) electrons. The molecule has 6 heteroatoms. The number of nitrogens with one attached hydrogen (secondary N) is 2. The number of carbonyl (C=O) groups is 1. The lowest BCUT2D eigenvalue weighted by molar-refractivity contribution is -0.123. The Morgan fingerprint density at radius 2 is 2.09 bits per heavy atom. The lowest BCUT2D eigenvalue weighted by atomic mass is 9.92. The summed E-state index contributed by atoms with van der Waals surface area (Å²) in [6.45, 7) is 2.76. The van der Waals surface area contributed by atoms with Gasteiger partial charge in [-0.25, -0.2) is 4.39 Å². The minimum absolute atomic E-state index is 0. The quantitative estimate of drug-likeness (QED) is 0.768. The van der Waals surface area contributed by atoms with Gasteiger partial charge in [-0.15, -0.1) is 12.4 Å². The van der Waals surface area contributed by atoms with E-state index in [9.17, 15) is 9.18 Å². The molecule has 2 fully saturated rings. The van der Waals surface area contributed by atoms with Crippen molar-refractivity contribution in [1.82, 2.24) is 10.6 Å². The summed E-state index contributed by atoms with van der Waals surface area (Å²) >= 11 is 1.66. The summed E-state index contributed by atoms with van der Waals surface area (Å²) in [7, 11) is 0. The van der Waals surface area contributed by atoms with Gasteiger partial charge in [-0.3, -0.25) is 4.79 Å². The molecule has 1 aromatic rings. The maximum absolute atomic E-state index is 13.5. The van der Waals surface area contributed by atoms with Crippen molar-refractivity contribution < 1.29 is 9.18 Å². The summed E-state index contributed by atoms with van der Waals surface area (Å²) in [6.07, 6.45) is 3.32. The van der Waals surface area contributed by atoms with E-state index in [2.05, 4.69) is 10.6 Å². The zero-order valence-electron chi connectivity index (χ0n) is 13.1. The van der Waals surface area contributed by atoms with E-state index in [0.29, 0.717) is 17.7 Å². The van der Waals surface area contributed by atoms with Crippen LogP contribution in [0.4, 0.5) is 4.39 Å². The molecule has 128 valence electrons. The van der Waals surface area contributed by atoms with Crippen LogP contribution in [-0.4, -0.2) is 31.3 Å². The molecule has 2 N–H and O–H groups in total. The van der Waals surface area contributed by atoms with E-state index >= 15 is 0 Å². The first-order chi connectivity index (χ1) is 10.7. The third-order valence-corrected chi connectivity index (χ3v) is 5.87. The molecule has 1 saturated heterocycles. The highest BCUT2D eigenvalue weighted by Gasteiger charge is 2.57. The van der Waals surface area contributed by atoms with Crippen LogP contribution in [0.3, 0.4) is 0 Å². The Bertz CT molecular complexity index is 537. The molecule has 23 heavy (non-hydrogen) atoms. The lowest BCUT2D eigenvalue weighted by Crippen LogP contribution is -2.34. The Hall–Kier alpha value is -0.780. The van der Waals surface area contributed by atoms with Crippen LogP contribution in [0.25, 0.3) is 0 Å². The smallest absolute Gasteiger partial charge is 0.223 e. The molecule has 1 aromatic carbocycles. The monoisotopic (exact) mass is 358 g/mol. The second kappa shape index (κ2) is 8.36. The lowest BCUT2D eigenvalue weighted by Gasteiger charge is -2.23. The van der Waals surface area contributed by atoms with Gasteiger partial charge in [0.1, 0.15) is 5.82 Å². The van der Waals surface area contributed by atoms with Crippen LogP contribution in [-0.2, 0) is 10.5 Å². The van der Waals surface area contributed by atoms with Gasteiger partial charge in [0, 0.05) is 24.0 Å². The van der Waals surface area contributed by atoms with Crippen molar-refractivity contribution in [3.63, 3.8) is 0 Å². The predicted molar refractivity (Wildman–Crippen MR) is 95.5 cm³/mol. The van der Waals surface area contributed by atoms with Crippen LogP contribution in [0.15, 0.2) is 24.3 Å². The van der Waals surface area contributed by atoms with Gasteiger partial charge in [-0.2, -0.15) is 11.8 Å². The average molecular weight is 359 g/mol. The van der Waals surface area contributed by atoms with E-state index < -0.39 is 0 Å². The van der Waals surface area contributed by atoms with Gasteiger partial charge in [-0.05, 0) is 49.4 Å². The van der Waals surface area contributed by atoms with Crippen LogP contribution in [0, 0.1) is 17.2 Å². The minimum atomic E-state index is -0.148. The first-order valence-electron chi connectivity index (χ1n) is 8.01. The number of hydrogen-bond acceptors (Lipinski definition) is 3. The Morgan fingerprint density at radius 1 is 1.35 bits per heavy atom.